The molecule has 2 rings (SSSR count). The van der Waals surface area contributed by atoms with Crippen molar-refractivity contribution in [1.82, 2.24) is 0 Å². The predicted molar refractivity (Wildman–Crippen MR) is 43.8 cm³/mol. The summed E-state index contributed by atoms with van der Waals surface area (Å²) in [7, 11) is 0. The fraction of sp³-hybridized carbons (Fsp3) is 1.00. The van der Waals surface area contributed by atoms with Gasteiger partial charge in [-0.3, -0.25) is 0 Å². The Morgan fingerprint density at radius 3 is 1.90 bits per heavy atom. The third-order valence-electron chi connectivity index (χ3n) is 4.18. The molecule has 0 N–H and O–H groups in total. The maximum absolute atomic E-state index is 2.48. The van der Waals surface area contributed by atoms with Gasteiger partial charge in [0.05, 0.1) is 0 Å². The molecule has 2 aliphatic rings. The predicted octanol–water partition coefficient (Wildman–Crippen LogP) is 3.08. The summed E-state index contributed by atoms with van der Waals surface area (Å²) in [6.45, 7) is 7.31. The Bertz CT molecular complexity index is 150. The van der Waals surface area contributed by atoms with Gasteiger partial charge in [0.1, 0.15) is 0 Å². The molecule has 0 radical (unpaired) electrons. The topological polar surface area (TPSA) is 0 Å². The van der Waals surface area contributed by atoms with Gasteiger partial charge < -0.3 is 0 Å². The van der Waals surface area contributed by atoms with Crippen molar-refractivity contribution < 1.29 is 0 Å². The molecule has 0 nitrogen and oxygen atoms in total. The van der Waals surface area contributed by atoms with E-state index < -0.39 is 0 Å². The molecule has 4 atom stereocenters. The van der Waals surface area contributed by atoms with E-state index in [0.29, 0.717) is 0 Å². The summed E-state index contributed by atoms with van der Waals surface area (Å²) < 4.78 is 0. The molecule has 0 aromatic carbocycles. The zero-order valence-corrected chi connectivity index (χ0v) is 7.35. The highest BCUT2D eigenvalue weighted by Gasteiger charge is 2.55. The number of rotatable bonds is 1. The smallest absolute Gasteiger partial charge is 0.0266 e. The van der Waals surface area contributed by atoms with Crippen LogP contribution in [0.15, 0.2) is 0 Å². The van der Waals surface area contributed by atoms with Crippen LogP contribution in [0.1, 0.15) is 40.0 Å². The maximum atomic E-state index is 2.48. The molecule has 0 saturated heterocycles. The monoisotopic (exact) mass is 138 g/mol. The molecule has 0 amide bonds. The second kappa shape index (κ2) is 1.78. The summed E-state index contributed by atoms with van der Waals surface area (Å²) in [5.41, 5.74) is 0.775. The summed E-state index contributed by atoms with van der Waals surface area (Å²) in [6, 6.07) is 0. The van der Waals surface area contributed by atoms with Gasteiger partial charge in [0.25, 0.3) is 0 Å². The fourth-order valence-electron chi connectivity index (χ4n) is 2.76. The molecule has 0 aromatic rings. The van der Waals surface area contributed by atoms with Gasteiger partial charge in [-0.1, -0.05) is 27.2 Å². The number of hydrogen-bond acceptors (Lipinski definition) is 0. The van der Waals surface area contributed by atoms with E-state index in [2.05, 4.69) is 20.8 Å². The summed E-state index contributed by atoms with van der Waals surface area (Å²) >= 11 is 0. The molecule has 0 bridgehead atoms. The zero-order valence-electron chi connectivity index (χ0n) is 7.35. The van der Waals surface area contributed by atoms with Gasteiger partial charge in [0, 0.05) is 0 Å². The van der Waals surface area contributed by atoms with Crippen LogP contribution in [0.5, 0.6) is 0 Å². The molecule has 58 valence electrons. The van der Waals surface area contributed by atoms with Crippen LogP contribution in [-0.4, -0.2) is 0 Å². The molecule has 10 heavy (non-hydrogen) atoms. The van der Waals surface area contributed by atoms with Gasteiger partial charge in [-0.05, 0) is 36.0 Å². The van der Waals surface area contributed by atoms with Crippen LogP contribution in [-0.2, 0) is 0 Å². The molecule has 2 aliphatic carbocycles. The first-order valence-corrected chi connectivity index (χ1v) is 4.64. The minimum atomic E-state index is 0.775. The molecule has 2 fully saturated rings. The molecule has 0 heteroatoms. The van der Waals surface area contributed by atoms with Crippen molar-refractivity contribution in [1.29, 1.82) is 0 Å². The Morgan fingerprint density at radius 1 is 1.20 bits per heavy atom. The van der Waals surface area contributed by atoms with Crippen LogP contribution < -0.4 is 0 Å². The van der Waals surface area contributed by atoms with Crippen LogP contribution in [0.4, 0.5) is 0 Å². The SMILES string of the molecule is CC1CCC1C1(C)CC1C. The van der Waals surface area contributed by atoms with Crippen molar-refractivity contribution in [2.24, 2.45) is 23.2 Å². The van der Waals surface area contributed by atoms with Crippen molar-refractivity contribution in [3.8, 4) is 0 Å². The lowest BCUT2D eigenvalue weighted by molar-refractivity contribution is 0.104. The van der Waals surface area contributed by atoms with Gasteiger partial charge in [-0.25, -0.2) is 0 Å². The Morgan fingerprint density at radius 2 is 1.80 bits per heavy atom. The van der Waals surface area contributed by atoms with E-state index in [-0.39, 0.29) is 0 Å². The summed E-state index contributed by atoms with van der Waals surface area (Å²) in [4.78, 5) is 0. The van der Waals surface area contributed by atoms with Crippen molar-refractivity contribution >= 4 is 0 Å². The molecule has 0 heterocycles. The Hall–Kier alpha value is 0. The van der Waals surface area contributed by atoms with E-state index in [9.17, 15) is 0 Å². The molecular formula is C10H18. The summed E-state index contributed by atoms with van der Waals surface area (Å²) in [5, 5.41) is 0. The van der Waals surface area contributed by atoms with Gasteiger partial charge in [0.15, 0.2) is 0 Å². The van der Waals surface area contributed by atoms with Crippen molar-refractivity contribution in [2.75, 3.05) is 0 Å². The molecule has 4 unspecified atom stereocenters. The highest BCUT2D eigenvalue weighted by atomic mass is 14.6. The van der Waals surface area contributed by atoms with Crippen LogP contribution in [0.25, 0.3) is 0 Å². The average molecular weight is 138 g/mol. The Kier molecular flexibility index (Phi) is 1.19. The lowest BCUT2D eigenvalue weighted by Gasteiger charge is -2.39. The van der Waals surface area contributed by atoms with E-state index in [0.717, 1.165) is 23.2 Å². The highest BCUT2D eigenvalue weighted by molar-refractivity contribution is 5.04. The molecule has 0 aromatic heterocycles. The normalized spacial score (nSPS) is 59.7. The second-order valence-electron chi connectivity index (χ2n) is 4.77. The molecule has 0 aliphatic heterocycles. The Balaban J connectivity index is 2.00. The van der Waals surface area contributed by atoms with Crippen LogP contribution in [0.2, 0.25) is 0 Å². The fourth-order valence-corrected chi connectivity index (χ4v) is 2.76. The van der Waals surface area contributed by atoms with Crippen molar-refractivity contribution in [2.45, 2.75) is 40.0 Å². The Labute approximate surface area is 64.0 Å². The minimum absolute atomic E-state index is 0.775. The third kappa shape index (κ3) is 0.681. The lowest BCUT2D eigenvalue weighted by Crippen LogP contribution is -2.31. The molecule has 0 spiro atoms. The minimum Gasteiger partial charge on any atom is -0.0622 e. The van der Waals surface area contributed by atoms with Crippen LogP contribution >= 0.6 is 0 Å². The van der Waals surface area contributed by atoms with Crippen molar-refractivity contribution in [3.63, 3.8) is 0 Å². The standard InChI is InChI=1S/C10H18/c1-7-4-5-9(7)10(3)6-8(10)2/h7-9H,4-6H2,1-3H3. The first-order valence-electron chi connectivity index (χ1n) is 4.64. The van der Waals surface area contributed by atoms with Gasteiger partial charge >= 0.3 is 0 Å². The maximum Gasteiger partial charge on any atom is -0.0266 e. The highest BCUT2D eigenvalue weighted by Crippen LogP contribution is 2.64. The number of hydrogen-bond donors (Lipinski definition) is 0. The van der Waals surface area contributed by atoms with Gasteiger partial charge in [-0.2, -0.15) is 0 Å². The van der Waals surface area contributed by atoms with E-state index in [1.165, 1.54) is 19.3 Å². The summed E-state index contributed by atoms with van der Waals surface area (Å²) in [6.07, 6.45) is 4.51. The third-order valence-corrected chi connectivity index (χ3v) is 4.18. The van der Waals surface area contributed by atoms with E-state index in [1.54, 1.807) is 0 Å². The summed E-state index contributed by atoms with van der Waals surface area (Å²) in [5.74, 6) is 3.15. The average Bonchev–Trinajstić information content (AvgIpc) is 2.37. The van der Waals surface area contributed by atoms with Gasteiger partial charge in [0.2, 0.25) is 0 Å². The van der Waals surface area contributed by atoms with E-state index in [4.69, 9.17) is 0 Å². The van der Waals surface area contributed by atoms with Gasteiger partial charge in [-0.15, -0.1) is 0 Å². The second-order valence-corrected chi connectivity index (χ2v) is 4.77. The quantitative estimate of drug-likeness (QED) is 0.522. The first kappa shape index (κ1) is 6.69. The lowest BCUT2D eigenvalue weighted by atomic mass is 9.66. The first-order chi connectivity index (χ1) is 4.64. The van der Waals surface area contributed by atoms with E-state index in [1.807, 2.05) is 0 Å². The largest absolute Gasteiger partial charge is 0.0622 e. The molecular weight excluding hydrogens is 120 g/mol. The van der Waals surface area contributed by atoms with Crippen LogP contribution in [0.3, 0.4) is 0 Å². The zero-order chi connectivity index (χ0) is 7.35. The molecule has 2 saturated carbocycles. The van der Waals surface area contributed by atoms with Crippen molar-refractivity contribution in [3.05, 3.63) is 0 Å². The van der Waals surface area contributed by atoms with E-state index >= 15 is 0 Å². The van der Waals surface area contributed by atoms with Crippen LogP contribution in [0, 0.1) is 23.2 Å².